The van der Waals surface area contributed by atoms with Crippen LogP contribution in [0.15, 0.2) is 35.2 Å². The van der Waals surface area contributed by atoms with Gasteiger partial charge in [-0.2, -0.15) is 0 Å². The maximum atomic E-state index is 10.9. The molecule has 0 atom stereocenters. The fourth-order valence-electron chi connectivity index (χ4n) is 0.773. The largest absolute Gasteiger partial charge is 0.298 e. The van der Waals surface area contributed by atoms with Crippen molar-refractivity contribution in [2.45, 2.75) is 4.90 Å². The molecule has 2 amide bonds. The summed E-state index contributed by atoms with van der Waals surface area (Å²) < 4.78 is 0. The van der Waals surface area contributed by atoms with E-state index in [2.05, 4.69) is 5.32 Å². The molecule has 0 aromatic heterocycles. The van der Waals surface area contributed by atoms with Crippen LogP contribution in [0, 0.1) is 0 Å². The van der Waals surface area contributed by atoms with Crippen LogP contribution in [0.2, 0.25) is 0 Å². The molecule has 0 aliphatic heterocycles. The van der Waals surface area contributed by atoms with Gasteiger partial charge in [0.25, 0.3) is 0 Å². The molecule has 13 heavy (non-hydrogen) atoms. The van der Waals surface area contributed by atoms with Crippen LogP contribution in [-0.4, -0.2) is 18.1 Å². The lowest BCUT2D eigenvalue weighted by molar-refractivity contribution is -0.123. The van der Waals surface area contributed by atoms with Crippen LogP contribution in [0.5, 0.6) is 0 Å². The van der Waals surface area contributed by atoms with Crippen LogP contribution in [-0.2, 0) is 9.59 Å². The van der Waals surface area contributed by atoms with Gasteiger partial charge in [0.05, 0.1) is 5.75 Å². The van der Waals surface area contributed by atoms with E-state index in [4.69, 9.17) is 0 Å². The van der Waals surface area contributed by atoms with Gasteiger partial charge in [-0.1, -0.05) is 18.2 Å². The first kappa shape index (κ1) is 9.80. The Labute approximate surface area is 80.5 Å². The minimum Gasteiger partial charge on any atom is -0.298 e. The Bertz CT molecular complexity index is 287. The monoisotopic (exact) mass is 195 g/mol. The number of hydrogen-bond acceptors (Lipinski definition) is 3. The molecule has 0 unspecified atom stereocenters. The summed E-state index contributed by atoms with van der Waals surface area (Å²) in [6, 6.07) is 9.55. The molecule has 0 saturated heterocycles. The van der Waals surface area contributed by atoms with Crippen molar-refractivity contribution in [1.29, 1.82) is 0 Å². The number of imide groups is 1. The third-order valence-corrected chi connectivity index (χ3v) is 2.35. The van der Waals surface area contributed by atoms with E-state index >= 15 is 0 Å². The van der Waals surface area contributed by atoms with Gasteiger partial charge in [-0.15, -0.1) is 11.8 Å². The Kier molecular flexibility index (Phi) is 4.05. The molecule has 1 aromatic rings. The normalized spacial score (nSPS) is 9.23. The van der Waals surface area contributed by atoms with E-state index < -0.39 is 0 Å². The summed E-state index contributed by atoms with van der Waals surface area (Å²) in [7, 11) is 0. The van der Waals surface area contributed by atoms with Gasteiger partial charge in [0.15, 0.2) is 0 Å². The lowest BCUT2D eigenvalue weighted by atomic mass is 10.4. The number of hydrogen-bond donors (Lipinski definition) is 1. The summed E-state index contributed by atoms with van der Waals surface area (Å²) >= 11 is 1.40. The van der Waals surface area contributed by atoms with Crippen molar-refractivity contribution in [2.75, 3.05) is 5.75 Å². The van der Waals surface area contributed by atoms with Gasteiger partial charge in [0, 0.05) is 4.90 Å². The smallest absolute Gasteiger partial charge is 0.236 e. The summed E-state index contributed by atoms with van der Waals surface area (Å²) in [4.78, 5) is 21.8. The standard InChI is InChI=1S/C9H9NO2S/c11-7-10-9(12)6-13-8-4-2-1-3-5-8/h1-5,7H,6H2,(H,10,11,12). The van der Waals surface area contributed by atoms with Gasteiger partial charge in [-0.3, -0.25) is 14.9 Å². The van der Waals surface area contributed by atoms with Crippen molar-refractivity contribution in [2.24, 2.45) is 0 Å². The highest BCUT2D eigenvalue weighted by atomic mass is 32.2. The molecule has 4 heteroatoms. The maximum absolute atomic E-state index is 10.9. The molecule has 0 heterocycles. The number of carbonyl (C=O) groups is 2. The highest BCUT2D eigenvalue weighted by Crippen LogP contribution is 2.15. The van der Waals surface area contributed by atoms with E-state index in [-0.39, 0.29) is 11.7 Å². The van der Waals surface area contributed by atoms with Gasteiger partial charge >= 0.3 is 0 Å². The molecule has 1 rings (SSSR count). The van der Waals surface area contributed by atoms with Gasteiger partial charge in [0.2, 0.25) is 12.3 Å². The number of benzene rings is 1. The average molecular weight is 195 g/mol. The minimum atomic E-state index is -0.274. The van der Waals surface area contributed by atoms with Crippen molar-refractivity contribution in [3.8, 4) is 0 Å². The van der Waals surface area contributed by atoms with Crippen molar-refractivity contribution < 1.29 is 9.59 Å². The first-order chi connectivity index (χ1) is 6.33. The molecule has 0 spiro atoms. The van der Waals surface area contributed by atoms with E-state index in [0.717, 1.165) is 4.90 Å². The van der Waals surface area contributed by atoms with Gasteiger partial charge in [0.1, 0.15) is 0 Å². The average Bonchev–Trinajstić information content (AvgIpc) is 2.17. The van der Waals surface area contributed by atoms with Crippen LogP contribution in [0.25, 0.3) is 0 Å². The second-order valence-electron chi connectivity index (χ2n) is 2.29. The number of nitrogens with one attached hydrogen (secondary N) is 1. The van der Waals surface area contributed by atoms with Crippen LogP contribution >= 0.6 is 11.8 Å². The van der Waals surface area contributed by atoms with Crippen molar-refractivity contribution in [3.05, 3.63) is 30.3 Å². The van der Waals surface area contributed by atoms with E-state index in [1.165, 1.54) is 11.8 Å². The van der Waals surface area contributed by atoms with Crippen LogP contribution in [0.3, 0.4) is 0 Å². The molecule has 0 radical (unpaired) electrons. The predicted molar refractivity (Wildman–Crippen MR) is 51.4 cm³/mol. The molecule has 0 aliphatic carbocycles. The van der Waals surface area contributed by atoms with E-state index in [1.807, 2.05) is 30.3 Å². The summed E-state index contributed by atoms with van der Waals surface area (Å²) in [6.45, 7) is 0. The Morgan fingerprint density at radius 1 is 1.38 bits per heavy atom. The summed E-state index contributed by atoms with van der Waals surface area (Å²) in [5.41, 5.74) is 0. The lowest BCUT2D eigenvalue weighted by Crippen LogP contribution is -2.22. The Hall–Kier alpha value is -1.29. The molecule has 68 valence electrons. The molecular weight excluding hydrogens is 186 g/mol. The molecule has 0 saturated carbocycles. The van der Waals surface area contributed by atoms with Gasteiger partial charge < -0.3 is 0 Å². The lowest BCUT2D eigenvalue weighted by Gasteiger charge is -1.98. The minimum absolute atomic E-state index is 0.267. The Morgan fingerprint density at radius 3 is 2.69 bits per heavy atom. The maximum Gasteiger partial charge on any atom is 0.236 e. The molecule has 1 aromatic carbocycles. The number of amides is 2. The highest BCUT2D eigenvalue weighted by molar-refractivity contribution is 8.00. The quantitative estimate of drug-likeness (QED) is 0.577. The van der Waals surface area contributed by atoms with Gasteiger partial charge in [-0.25, -0.2) is 0 Å². The first-order valence-corrected chi connectivity index (χ1v) is 4.72. The molecule has 0 aliphatic rings. The molecule has 3 nitrogen and oxygen atoms in total. The summed E-state index contributed by atoms with van der Waals surface area (Å²) in [6.07, 6.45) is 0.397. The van der Waals surface area contributed by atoms with Crippen molar-refractivity contribution in [3.63, 3.8) is 0 Å². The fourth-order valence-corrected chi connectivity index (χ4v) is 1.50. The SMILES string of the molecule is O=CNC(=O)CSc1ccccc1. The second-order valence-corrected chi connectivity index (χ2v) is 3.34. The second kappa shape index (κ2) is 5.37. The van der Waals surface area contributed by atoms with Crippen LogP contribution < -0.4 is 5.32 Å². The molecular formula is C9H9NO2S. The topological polar surface area (TPSA) is 46.2 Å². The number of rotatable bonds is 4. The molecule has 0 bridgehead atoms. The zero-order chi connectivity index (χ0) is 9.52. The Balaban J connectivity index is 2.35. The van der Waals surface area contributed by atoms with E-state index in [1.54, 1.807) is 0 Å². The van der Waals surface area contributed by atoms with E-state index in [0.29, 0.717) is 6.41 Å². The number of carbonyl (C=O) groups excluding carboxylic acids is 2. The van der Waals surface area contributed by atoms with E-state index in [9.17, 15) is 9.59 Å². The third kappa shape index (κ3) is 3.75. The Morgan fingerprint density at radius 2 is 2.08 bits per heavy atom. The summed E-state index contributed by atoms with van der Waals surface area (Å²) in [5.74, 6) is -0.00759. The molecule has 1 N–H and O–H groups in total. The zero-order valence-corrected chi connectivity index (χ0v) is 7.71. The fraction of sp³-hybridized carbons (Fsp3) is 0.111. The van der Waals surface area contributed by atoms with Crippen molar-refractivity contribution in [1.82, 2.24) is 5.32 Å². The molecule has 0 fully saturated rings. The van der Waals surface area contributed by atoms with Crippen molar-refractivity contribution >= 4 is 24.1 Å². The zero-order valence-electron chi connectivity index (χ0n) is 6.90. The summed E-state index contributed by atoms with van der Waals surface area (Å²) in [5, 5.41) is 2.08. The predicted octanol–water partition coefficient (Wildman–Crippen LogP) is 1.05. The number of thioether (sulfide) groups is 1. The van der Waals surface area contributed by atoms with Crippen LogP contribution in [0.1, 0.15) is 0 Å². The van der Waals surface area contributed by atoms with Gasteiger partial charge in [-0.05, 0) is 12.1 Å². The van der Waals surface area contributed by atoms with Crippen LogP contribution in [0.4, 0.5) is 0 Å². The third-order valence-electron chi connectivity index (χ3n) is 1.33. The first-order valence-electron chi connectivity index (χ1n) is 3.74. The highest BCUT2D eigenvalue weighted by Gasteiger charge is 1.99.